The molecular formula is C17H14BrClN4O. The molecule has 5 nitrogen and oxygen atoms in total. The normalized spacial score (nSPS) is 10.7. The molecular weight excluding hydrogens is 392 g/mol. The van der Waals surface area contributed by atoms with Gasteiger partial charge in [-0.05, 0) is 55.8 Å². The van der Waals surface area contributed by atoms with E-state index in [0.717, 1.165) is 21.4 Å². The Morgan fingerprint density at radius 3 is 2.58 bits per heavy atom. The topological polar surface area (TPSA) is 59.8 Å². The van der Waals surface area contributed by atoms with Crippen LogP contribution >= 0.6 is 27.5 Å². The van der Waals surface area contributed by atoms with Crippen LogP contribution in [-0.2, 0) is 0 Å². The van der Waals surface area contributed by atoms with Gasteiger partial charge in [-0.3, -0.25) is 4.79 Å². The minimum absolute atomic E-state index is 0.113. The van der Waals surface area contributed by atoms with Gasteiger partial charge in [-0.15, -0.1) is 5.10 Å². The number of carbonyl (C=O) groups is 1. The lowest BCUT2D eigenvalue weighted by atomic mass is 10.2. The molecule has 1 N–H and O–H groups in total. The maximum atomic E-state index is 12.4. The number of nitrogens with zero attached hydrogens (tertiary/aromatic N) is 3. The van der Waals surface area contributed by atoms with Crippen LogP contribution in [0, 0.1) is 13.8 Å². The molecule has 0 fully saturated rings. The number of halogens is 2. The van der Waals surface area contributed by atoms with Crippen molar-refractivity contribution in [1.82, 2.24) is 14.8 Å². The lowest BCUT2D eigenvalue weighted by Crippen LogP contribution is -2.15. The fourth-order valence-electron chi connectivity index (χ4n) is 2.22. The van der Waals surface area contributed by atoms with Crippen LogP contribution in [0.25, 0.3) is 5.69 Å². The van der Waals surface area contributed by atoms with E-state index in [9.17, 15) is 4.79 Å². The summed E-state index contributed by atoms with van der Waals surface area (Å²) in [7, 11) is 0. The summed E-state index contributed by atoms with van der Waals surface area (Å²) in [4.78, 5) is 16.7. The largest absolute Gasteiger partial charge is 0.319 e. The van der Waals surface area contributed by atoms with E-state index in [4.69, 9.17) is 11.6 Å². The van der Waals surface area contributed by atoms with Crippen molar-refractivity contribution in [3.05, 3.63) is 69.2 Å². The SMILES string of the molecule is Cc1ccc(Br)cc1NC(=O)c1nc(C)n(-c2ccc(Cl)cc2)n1. The molecule has 1 aromatic heterocycles. The second-order valence-electron chi connectivity index (χ2n) is 5.28. The monoisotopic (exact) mass is 404 g/mol. The van der Waals surface area contributed by atoms with Crippen LogP contribution in [-0.4, -0.2) is 20.7 Å². The maximum Gasteiger partial charge on any atom is 0.295 e. The molecule has 1 heterocycles. The molecule has 0 aliphatic carbocycles. The Balaban J connectivity index is 1.87. The van der Waals surface area contributed by atoms with Gasteiger partial charge in [-0.25, -0.2) is 9.67 Å². The number of aromatic nitrogens is 3. The first-order valence-corrected chi connectivity index (χ1v) is 8.38. The van der Waals surface area contributed by atoms with Gasteiger partial charge in [-0.1, -0.05) is 33.6 Å². The highest BCUT2D eigenvalue weighted by Gasteiger charge is 2.16. The van der Waals surface area contributed by atoms with Crippen molar-refractivity contribution in [2.75, 3.05) is 5.32 Å². The molecule has 3 aromatic rings. The number of carbonyl (C=O) groups excluding carboxylic acids is 1. The Kier molecular flexibility index (Phi) is 4.69. The van der Waals surface area contributed by atoms with Crippen LogP contribution in [0.2, 0.25) is 5.02 Å². The average molecular weight is 406 g/mol. The molecule has 2 aromatic carbocycles. The first kappa shape index (κ1) is 16.7. The Labute approximate surface area is 152 Å². The standard InChI is InChI=1S/C17H14BrClN4O/c1-10-3-4-12(18)9-15(10)21-17(24)16-20-11(2)23(22-16)14-7-5-13(19)6-8-14/h3-9H,1-2H3,(H,21,24). The summed E-state index contributed by atoms with van der Waals surface area (Å²) >= 11 is 9.30. The second-order valence-corrected chi connectivity index (χ2v) is 6.64. The van der Waals surface area contributed by atoms with Crippen LogP contribution in [0.4, 0.5) is 5.69 Å². The summed E-state index contributed by atoms with van der Waals surface area (Å²) in [5.41, 5.74) is 2.47. The number of benzene rings is 2. The van der Waals surface area contributed by atoms with Crippen molar-refractivity contribution in [3.8, 4) is 5.69 Å². The summed E-state index contributed by atoms with van der Waals surface area (Å²) in [6, 6.07) is 12.9. The van der Waals surface area contributed by atoms with Gasteiger partial charge in [0.25, 0.3) is 5.91 Å². The van der Waals surface area contributed by atoms with E-state index < -0.39 is 0 Å². The minimum Gasteiger partial charge on any atom is -0.319 e. The Hall–Kier alpha value is -2.18. The third-order valence-corrected chi connectivity index (χ3v) is 4.24. The maximum absolute atomic E-state index is 12.4. The van der Waals surface area contributed by atoms with Crippen molar-refractivity contribution in [3.63, 3.8) is 0 Å². The van der Waals surface area contributed by atoms with Crippen molar-refractivity contribution in [1.29, 1.82) is 0 Å². The first-order valence-electron chi connectivity index (χ1n) is 7.21. The van der Waals surface area contributed by atoms with Gasteiger partial charge < -0.3 is 5.32 Å². The fourth-order valence-corrected chi connectivity index (χ4v) is 2.71. The summed E-state index contributed by atoms with van der Waals surface area (Å²) in [6.45, 7) is 3.72. The van der Waals surface area contributed by atoms with Crippen LogP contribution in [0.5, 0.6) is 0 Å². The van der Waals surface area contributed by atoms with Crippen molar-refractivity contribution in [2.45, 2.75) is 13.8 Å². The zero-order valence-corrected chi connectivity index (χ0v) is 15.4. The van der Waals surface area contributed by atoms with Crippen molar-refractivity contribution in [2.24, 2.45) is 0 Å². The van der Waals surface area contributed by atoms with E-state index in [0.29, 0.717) is 10.8 Å². The van der Waals surface area contributed by atoms with Gasteiger partial charge in [0.15, 0.2) is 0 Å². The molecule has 3 rings (SSSR count). The average Bonchev–Trinajstić information content (AvgIpc) is 2.94. The molecule has 122 valence electrons. The van der Waals surface area contributed by atoms with Gasteiger partial charge in [0, 0.05) is 15.2 Å². The fraction of sp³-hybridized carbons (Fsp3) is 0.118. The van der Waals surface area contributed by atoms with E-state index >= 15 is 0 Å². The zero-order chi connectivity index (χ0) is 17.3. The smallest absolute Gasteiger partial charge is 0.295 e. The third-order valence-electron chi connectivity index (χ3n) is 3.49. The second kappa shape index (κ2) is 6.75. The quantitative estimate of drug-likeness (QED) is 0.695. The molecule has 0 bridgehead atoms. The molecule has 0 saturated heterocycles. The lowest BCUT2D eigenvalue weighted by molar-refractivity contribution is 0.101. The molecule has 24 heavy (non-hydrogen) atoms. The highest BCUT2D eigenvalue weighted by molar-refractivity contribution is 9.10. The number of hydrogen-bond donors (Lipinski definition) is 1. The number of nitrogens with one attached hydrogen (secondary N) is 1. The minimum atomic E-state index is -0.355. The van der Waals surface area contributed by atoms with Gasteiger partial charge in [-0.2, -0.15) is 0 Å². The molecule has 0 saturated carbocycles. The summed E-state index contributed by atoms with van der Waals surface area (Å²) in [5, 5.41) is 7.78. The molecule has 1 amide bonds. The summed E-state index contributed by atoms with van der Waals surface area (Å²) in [5.74, 6) is 0.377. The van der Waals surface area contributed by atoms with E-state index in [2.05, 4.69) is 31.3 Å². The Morgan fingerprint density at radius 1 is 1.17 bits per heavy atom. The van der Waals surface area contributed by atoms with Crippen molar-refractivity contribution < 1.29 is 4.79 Å². The summed E-state index contributed by atoms with van der Waals surface area (Å²) in [6.07, 6.45) is 0. The van der Waals surface area contributed by atoms with Gasteiger partial charge in [0.05, 0.1) is 5.69 Å². The predicted octanol–water partition coefficient (Wildman–Crippen LogP) is 4.55. The molecule has 0 spiro atoms. The van der Waals surface area contributed by atoms with Gasteiger partial charge >= 0.3 is 0 Å². The van der Waals surface area contributed by atoms with E-state index in [1.165, 1.54) is 0 Å². The molecule has 0 unspecified atom stereocenters. The van der Waals surface area contributed by atoms with Crippen LogP contribution in [0.15, 0.2) is 46.9 Å². The first-order chi connectivity index (χ1) is 11.4. The number of amides is 1. The number of aryl methyl sites for hydroxylation is 2. The van der Waals surface area contributed by atoms with Crippen molar-refractivity contribution >= 4 is 39.1 Å². The van der Waals surface area contributed by atoms with Crippen LogP contribution in [0.1, 0.15) is 22.0 Å². The number of anilines is 1. The highest BCUT2D eigenvalue weighted by Crippen LogP contribution is 2.21. The number of hydrogen-bond acceptors (Lipinski definition) is 3. The molecule has 7 heteroatoms. The zero-order valence-electron chi connectivity index (χ0n) is 13.0. The summed E-state index contributed by atoms with van der Waals surface area (Å²) < 4.78 is 2.50. The van der Waals surface area contributed by atoms with Crippen LogP contribution < -0.4 is 5.32 Å². The molecule has 0 radical (unpaired) electrons. The van der Waals surface area contributed by atoms with E-state index in [1.54, 1.807) is 23.7 Å². The van der Waals surface area contributed by atoms with Gasteiger partial charge in [0.1, 0.15) is 5.82 Å². The van der Waals surface area contributed by atoms with E-state index in [1.807, 2.05) is 37.3 Å². The molecule has 0 aliphatic heterocycles. The Morgan fingerprint density at radius 2 is 1.88 bits per heavy atom. The van der Waals surface area contributed by atoms with Crippen LogP contribution in [0.3, 0.4) is 0 Å². The predicted molar refractivity (Wildman–Crippen MR) is 97.9 cm³/mol. The molecule has 0 aliphatic rings. The Bertz CT molecular complexity index is 905. The third kappa shape index (κ3) is 3.49. The number of rotatable bonds is 3. The van der Waals surface area contributed by atoms with Gasteiger partial charge in [0.2, 0.25) is 5.82 Å². The highest BCUT2D eigenvalue weighted by atomic mass is 79.9. The lowest BCUT2D eigenvalue weighted by Gasteiger charge is -2.07. The van der Waals surface area contributed by atoms with E-state index in [-0.39, 0.29) is 11.7 Å². The molecule has 0 atom stereocenters.